The molecule has 0 bridgehead atoms. The fraction of sp³-hybridized carbons (Fsp3) is 0.0952. The number of para-hydroxylation sites is 1. The number of benzene rings is 2. The minimum atomic E-state index is -1.11. The van der Waals surface area contributed by atoms with Crippen molar-refractivity contribution in [2.45, 2.75) is 6.42 Å². The fourth-order valence-corrected chi connectivity index (χ4v) is 3.48. The minimum Gasteiger partial charge on any atom is -0.477 e. The van der Waals surface area contributed by atoms with Crippen molar-refractivity contribution in [2.24, 2.45) is 10.1 Å². The van der Waals surface area contributed by atoms with Crippen LogP contribution < -0.4 is 5.43 Å². The van der Waals surface area contributed by atoms with Crippen LogP contribution in [0.2, 0.25) is 10.0 Å². The number of carbonyl (C=O) groups is 1. The van der Waals surface area contributed by atoms with Gasteiger partial charge in [-0.15, -0.1) is 11.8 Å². The Hall–Kier alpha value is -2.74. The van der Waals surface area contributed by atoms with Gasteiger partial charge in [0.2, 0.25) is 0 Å². The molecule has 0 atom stereocenters. The topological polar surface area (TPSA) is 89.8 Å². The maximum absolute atomic E-state index is 11.6. The van der Waals surface area contributed by atoms with Crippen LogP contribution in [0.3, 0.4) is 0 Å². The monoisotopic (exact) mass is 460 g/mol. The molecule has 0 fully saturated rings. The Bertz CT molecular complexity index is 1150. The van der Waals surface area contributed by atoms with Crippen LogP contribution in [0.5, 0.6) is 0 Å². The van der Waals surface area contributed by atoms with Crippen LogP contribution in [0.25, 0.3) is 16.6 Å². The first-order valence-electron chi connectivity index (χ1n) is 8.81. The van der Waals surface area contributed by atoms with Crippen molar-refractivity contribution in [3.05, 3.63) is 75.2 Å². The third-order valence-electron chi connectivity index (χ3n) is 4.19. The summed E-state index contributed by atoms with van der Waals surface area (Å²) in [7, 11) is 0. The normalized spacial score (nSPS) is 12.6. The number of hydrogen-bond donors (Lipinski definition) is 3. The molecule has 3 aromatic rings. The number of halogens is 2. The summed E-state index contributed by atoms with van der Waals surface area (Å²) in [5.41, 5.74) is 5.78. The van der Waals surface area contributed by atoms with E-state index >= 15 is 0 Å². The zero-order chi connectivity index (χ0) is 21.5. The molecule has 0 aliphatic carbocycles. The van der Waals surface area contributed by atoms with E-state index in [0.29, 0.717) is 15.7 Å². The largest absolute Gasteiger partial charge is 0.477 e. The van der Waals surface area contributed by atoms with Crippen molar-refractivity contribution in [2.75, 3.05) is 6.26 Å². The average molecular weight is 461 g/mol. The predicted molar refractivity (Wildman–Crippen MR) is 127 cm³/mol. The lowest BCUT2D eigenvalue weighted by Crippen LogP contribution is -2.20. The molecule has 0 saturated carbocycles. The second kappa shape index (κ2) is 10.3. The SMILES string of the molecule is CS/C=C(\N=CN/N=C(/Cc1c[nH]c2ccccc12)C(=O)O)c1ccc(Cl)c(Cl)c1. The number of fused-ring (bicyclic) bond motifs is 1. The van der Waals surface area contributed by atoms with Gasteiger partial charge in [-0.05, 0) is 35.4 Å². The number of aliphatic imine (C=N–C) groups is 1. The van der Waals surface area contributed by atoms with E-state index in [1.54, 1.807) is 24.4 Å². The highest BCUT2D eigenvalue weighted by Gasteiger charge is 2.13. The van der Waals surface area contributed by atoms with Crippen LogP contribution in [-0.2, 0) is 11.2 Å². The molecule has 0 aliphatic heterocycles. The molecule has 3 rings (SSSR count). The van der Waals surface area contributed by atoms with E-state index in [-0.39, 0.29) is 12.1 Å². The van der Waals surface area contributed by atoms with Gasteiger partial charge >= 0.3 is 5.97 Å². The Labute approximate surface area is 187 Å². The molecule has 1 aromatic heterocycles. The van der Waals surface area contributed by atoms with Gasteiger partial charge in [0, 0.05) is 29.1 Å². The van der Waals surface area contributed by atoms with Crippen molar-refractivity contribution >= 4 is 69.6 Å². The maximum Gasteiger partial charge on any atom is 0.352 e. The van der Waals surface area contributed by atoms with Crippen LogP contribution in [0.1, 0.15) is 11.1 Å². The number of nitrogens with one attached hydrogen (secondary N) is 2. The third kappa shape index (κ3) is 5.44. The van der Waals surface area contributed by atoms with Gasteiger partial charge in [0.1, 0.15) is 12.1 Å². The number of thioether (sulfide) groups is 1. The van der Waals surface area contributed by atoms with Gasteiger partial charge < -0.3 is 10.1 Å². The summed E-state index contributed by atoms with van der Waals surface area (Å²) in [6, 6.07) is 12.9. The molecule has 0 aliphatic rings. The van der Waals surface area contributed by atoms with Crippen LogP contribution in [0.15, 0.2) is 64.2 Å². The summed E-state index contributed by atoms with van der Waals surface area (Å²) in [6.45, 7) is 0. The average Bonchev–Trinajstić information content (AvgIpc) is 3.14. The molecule has 0 unspecified atom stereocenters. The van der Waals surface area contributed by atoms with Crippen molar-refractivity contribution in [3.8, 4) is 0 Å². The maximum atomic E-state index is 11.6. The van der Waals surface area contributed by atoms with E-state index in [2.05, 4.69) is 20.5 Å². The first kappa shape index (κ1) is 22.0. The molecule has 1 heterocycles. The molecule has 0 radical (unpaired) electrons. The van der Waals surface area contributed by atoms with Crippen molar-refractivity contribution in [3.63, 3.8) is 0 Å². The molecule has 0 spiro atoms. The van der Waals surface area contributed by atoms with Crippen LogP contribution >= 0.6 is 35.0 Å². The Morgan fingerprint density at radius 2 is 2.03 bits per heavy atom. The van der Waals surface area contributed by atoms with Gasteiger partial charge in [0.05, 0.1) is 15.7 Å². The van der Waals surface area contributed by atoms with E-state index in [4.69, 9.17) is 23.2 Å². The van der Waals surface area contributed by atoms with Crippen molar-refractivity contribution in [1.82, 2.24) is 10.4 Å². The molecule has 0 saturated heterocycles. The number of aliphatic carboxylic acids is 1. The summed E-state index contributed by atoms with van der Waals surface area (Å²) >= 11 is 13.5. The lowest BCUT2D eigenvalue weighted by Gasteiger charge is -2.04. The molecular formula is C21H18Cl2N4O2S. The van der Waals surface area contributed by atoms with E-state index in [0.717, 1.165) is 22.0 Å². The number of aromatic nitrogens is 1. The van der Waals surface area contributed by atoms with Gasteiger partial charge in [-0.3, -0.25) is 5.43 Å². The standard InChI is InChI=1S/C21H18Cl2N4O2S/c1-30-11-20(13-6-7-16(22)17(23)8-13)25-12-26-27-19(21(28)29)9-14-10-24-18-5-3-2-4-15(14)18/h2-8,10-12,24H,9H2,1H3,(H,25,26)(H,28,29)/b20-11-,27-19-. The zero-order valence-electron chi connectivity index (χ0n) is 15.9. The Morgan fingerprint density at radius 1 is 1.23 bits per heavy atom. The van der Waals surface area contributed by atoms with Gasteiger partial charge in [0.25, 0.3) is 0 Å². The molecule has 9 heteroatoms. The molecular weight excluding hydrogens is 443 g/mol. The number of carboxylic acids is 1. The number of hydrogen-bond acceptors (Lipinski definition) is 4. The predicted octanol–water partition coefficient (Wildman–Crippen LogP) is 5.44. The summed E-state index contributed by atoms with van der Waals surface area (Å²) in [5, 5.41) is 17.2. The second-order valence-corrected chi connectivity index (χ2v) is 7.68. The summed E-state index contributed by atoms with van der Waals surface area (Å²) in [6.07, 6.45) is 5.20. The number of nitrogens with zero attached hydrogens (tertiary/aromatic N) is 2. The summed E-state index contributed by atoms with van der Waals surface area (Å²) in [5.74, 6) is -1.11. The van der Waals surface area contributed by atoms with E-state index in [1.165, 1.54) is 18.1 Å². The smallest absolute Gasteiger partial charge is 0.352 e. The van der Waals surface area contributed by atoms with Gasteiger partial charge in [-0.1, -0.05) is 47.5 Å². The first-order valence-corrected chi connectivity index (χ1v) is 10.8. The number of aromatic amines is 1. The van der Waals surface area contributed by atoms with Crippen LogP contribution in [-0.4, -0.2) is 34.4 Å². The Morgan fingerprint density at radius 3 is 2.77 bits per heavy atom. The van der Waals surface area contributed by atoms with Gasteiger partial charge in [-0.2, -0.15) is 5.10 Å². The van der Waals surface area contributed by atoms with E-state index in [9.17, 15) is 9.90 Å². The van der Waals surface area contributed by atoms with Gasteiger partial charge in [-0.25, -0.2) is 9.79 Å². The first-order chi connectivity index (χ1) is 14.5. The Kier molecular flexibility index (Phi) is 7.57. The molecule has 6 nitrogen and oxygen atoms in total. The third-order valence-corrected chi connectivity index (χ3v) is 5.38. The fourth-order valence-electron chi connectivity index (χ4n) is 2.77. The lowest BCUT2D eigenvalue weighted by molar-refractivity contribution is -0.129. The molecule has 154 valence electrons. The van der Waals surface area contributed by atoms with Crippen molar-refractivity contribution < 1.29 is 9.90 Å². The quantitative estimate of drug-likeness (QED) is 0.237. The summed E-state index contributed by atoms with van der Waals surface area (Å²) < 4.78 is 0. The minimum absolute atomic E-state index is 0.0314. The van der Waals surface area contributed by atoms with E-state index in [1.807, 2.05) is 35.9 Å². The summed E-state index contributed by atoms with van der Waals surface area (Å²) in [4.78, 5) is 19.1. The number of hydrazone groups is 1. The number of carboxylic acid groups (broad SMARTS) is 1. The van der Waals surface area contributed by atoms with Crippen LogP contribution in [0.4, 0.5) is 0 Å². The number of H-pyrrole nitrogens is 1. The number of rotatable bonds is 8. The van der Waals surface area contributed by atoms with E-state index < -0.39 is 5.97 Å². The van der Waals surface area contributed by atoms with Gasteiger partial charge in [0.15, 0.2) is 0 Å². The lowest BCUT2D eigenvalue weighted by atomic mass is 10.1. The molecule has 2 aromatic carbocycles. The van der Waals surface area contributed by atoms with Crippen molar-refractivity contribution in [1.29, 1.82) is 0 Å². The second-order valence-electron chi connectivity index (χ2n) is 6.15. The highest BCUT2D eigenvalue weighted by Crippen LogP contribution is 2.27. The molecule has 30 heavy (non-hydrogen) atoms. The molecule has 0 amide bonds. The Balaban J connectivity index is 1.75. The molecule has 3 N–H and O–H groups in total. The highest BCUT2D eigenvalue weighted by molar-refractivity contribution is 8.01. The zero-order valence-corrected chi connectivity index (χ0v) is 18.2. The van der Waals surface area contributed by atoms with Crippen LogP contribution in [0, 0.1) is 0 Å². The highest BCUT2D eigenvalue weighted by atomic mass is 35.5.